The van der Waals surface area contributed by atoms with Gasteiger partial charge in [-0.15, -0.1) is 0 Å². The van der Waals surface area contributed by atoms with Crippen molar-refractivity contribution in [1.82, 2.24) is 0 Å². The molecular weight excluding hydrogens is 346 g/mol. The van der Waals surface area contributed by atoms with Crippen molar-refractivity contribution in [3.63, 3.8) is 0 Å². The Morgan fingerprint density at radius 1 is 0.929 bits per heavy atom. The Kier molecular flexibility index (Phi) is 6.02. The first kappa shape index (κ1) is 20.3. The van der Waals surface area contributed by atoms with Crippen molar-refractivity contribution in [3.8, 4) is 0 Å². The number of anilines is 1. The fourth-order valence-electron chi connectivity index (χ4n) is 4.02. The standard InChI is InChI=1S/C25H31NO2/c1-15-16(2)18(4)24(19(5)17(15)3)23(27)13-12-20-8-6-11-22(14-20)26-25(28)21-9-7-10-21/h6,8,11,14,21H,7,9-10,12-13H2,1-5H3,(H,26,28). The lowest BCUT2D eigenvalue weighted by Gasteiger charge is -2.24. The van der Waals surface area contributed by atoms with Gasteiger partial charge in [-0.2, -0.15) is 0 Å². The van der Waals surface area contributed by atoms with Crippen LogP contribution in [0, 0.1) is 40.5 Å². The predicted octanol–water partition coefficient (Wildman–Crippen LogP) is 5.78. The fourth-order valence-corrected chi connectivity index (χ4v) is 4.02. The fraction of sp³-hybridized carbons (Fsp3) is 0.440. The third-order valence-corrected chi connectivity index (χ3v) is 6.59. The highest BCUT2D eigenvalue weighted by molar-refractivity contribution is 5.99. The number of nitrogens with one attached hydrogen (secondary N) is 1. The number of ketones is 1. The number of aryl methyl sites for hydroxylation is 1. The Hall–Kier alpha value is -2.42. The molecule has 148 valence electrons. The highest BCUT2D eigenvalue weighted by Gasteiger charge is 2.25. The van der Waals surface area contributed by atoms with E-state index in [1.165, 1.54) is 16.7 Å². The van der Waals surface area contributed by atoms with Gasteiger partial charge in [0.1, 0.15) is 0 Å². The highest BCUT2D eigenvalue weighted by Crippen LogP contribution is 2.29. The van der Waals surface area contributed by atoms with Crippen LogP contribution in [0.2, 0.25) is 0 Å². The van der Waals surface area contributed by atoms with E-state index in [0.717, 1.165) is 47.2 Å². The number of rotatable bonds is 6. The smallest absolute Gasteiger partial charge is 0.227 e. The summed E-state index contributed by atoms with van der Waals surface area (Å²) in [6.07, 6.45) is 4.29. The quantitative estimate of drug-likeness (QED) is 0.648. The van der Waals surface area contributed by atoms with Gasteiger partial charge in [-0.25, -0.2) is 0 Å². The van der Waals surface area contributed by atoms with Gasteiger partial charge in [0.25, 0.3) is 0 Å². The first-order valence-corrected chi connectivity index (χ1v) is 10.3. The number of amides is 1. The molecule has 3 nitrogen and oxygen atoms in total. The maximum Gasteiger partial charge on any atom is 0.227 e. The van der Waals surface area contributed by atoms with Crippen LogP contribution in [0.3, 0.4) is 0 Å². The Bertz CT molecular complexity index is 893. The second-order valence-corrected chi connectivity index (χ2v) is 8.24. The third kappa shape index (κ3) is 4.04. The van der Waals surface area contributed by atoms with Gasteiger partial charge in [0.15, 0.2) is 5.78 Å². The van der Waals surface area contributed by atoms with Crippen LogP contribution in [0.5, 0.6) is 0 Å². The zero-order chi connectivity index (χ0) is 20.4. The minimum absolute atomic E-state index is 0.122. The molecule has 2 aromatic rings. The molecule has 0 saturated heterocycles. The van der Waals surface area contributed by atoms with Crippen molar-refractivity contribution in [3.05, 3.63) is 63.2 Å². The molecule has 0 aromatic heterocycles. The van der Waals surface area contributed by atoms with Crippen LogP contribution in [-0.4, -0.2) is 11.7 Å². The highest BCUT2D eigenvalue weighted by atomic mass is 16.2. The summed E-state index contributed by atoms with van der Waals surface area (Å²) in [5.41, 5.74) is 8.71. The molecule has 3 rings (SSSR count). The number of hydrogen-bond acceptors (Lipinski definition) is 2. The zero-order valence-corrected chi connectivity index (χ0v) is 17.7. The molecule has 2 aromatic carbocycles. The van der Waals surface area contributed by atoms with Crippen LogP contribution < -0.4 is 5.32 Å². The average molecular weight is 378 g/mol. The molecule has 0 heterocycles. The van der Waals surface area contributed by atoms with E-state index in [1.54, 1.807) is 0 Å². The predicted molar refractivity (Wildman–Crippen MR) is 115 cm³/mol. The largest absolute Gasteiger partial charge is 0.326 e. The average Bonchev–Trinajstić information content (AvgIpc) is 2.62. The van der Waals surface area contributed by atoms with Crippen molar-refractivity contribution in [2.75, 3.05) is 5.32 Å². The molecule has 1 amide bonds. The Labute approximate surface area is 168 Å². The molecule has 0 atom stereocenters. The van der Waals surface area contributed by atoms with E-state index in [9.17, 15) is 9.59 Å². The molecule has 1 N–H and O–H groups in total. The van der Waals surface area contributed by atoms with Crippen molar-refractivity contribution >= 4 is 17.4 Å². The zero-order valence-electron chi connectivity index (χ0n) is 17.7. The minimum Gasteiger partial charge on any atom is -0.326 e. The number of carbonyl (C=O) groups excluding carboxylic acids is 2. The maximum atomic E-state index is 13.0. The van der Waals surface area contributed by atoms with Gasteiger partial charge in [0.05, 0.1) is 0 Å². The Morgan fingerprint density at radius 2 is 1.54 bits per heavy atom. The van der Waals surface area contributed by atoms with Gasteiger partial charge in [0, 0.05) is 23.6 Å². The molecule has 0 bridgehead atoms. The summed E-state index contributed by atoms with van der Waals surface area (Å²) in [5, 5.41) is 3.02. The molecular formula is C25H31NO2. The van der Waals surface area contributed by atoms with E-state index in [0.29, 0.717) is 12.8 Å². The van der Waals surface area contributed by atoms with Gasteiger partial charge >= 0.3 is 0 Å². The van der Waals surface area contributed by atoms with Crippen LogP contribution in [0.4, 0.5) is 5.69 Å². The van der Waals surface area contributed by atoms with E-state index in [-0.39, 0.29) is 17.6 Å². The topological polar surface area (TPSA) is 46.2 Å². The summed E-state index contributed by atoms with van der Waals surface area (Å²) in [6.45, 7) is 10.4. The SMILES string of the molecule is Cc1c(C)c(C)c(C(=O)CCc2cccc(NC(=O)C3CCC3)c2)c(C)c1C. The van der Waals surface area contributed by atoms with Crippen LogP contribution in [0.15, 0.2) is 24.3 Å². The van der Waals surface area contributed by atoms with E-state index in [4.69, 9.17) is 0 Å². The molecule has 1 fully saturated rings. The number of carbonyl (C=O) groups is 2. The van der Waals surface area contributed by atoms with E-state index in [1.807, 2.05) is 24.3 Å². The lowest BCUT2D eigenvalue weighted by molar-refractivity contribution is -0.122. The minimum atomic E-state index is 0.122. The van der Waals surface area contributed by atoms with E-state index in [2.05, 4.69) is 39.9 Å². The monoisotopic (exact) mass is 377 g/mol. The summed E-state index contributed by atoms with van der Waals surface area (Å²) in [7, 11) is 0. The molecule has 0 radical (unpaired) electrons. The number of benzene rings is 2. The summed E-state index contributed by atoms with van der Waals surface area (Å²) >= 11 is 0. The summed E-state index contributed by atoms with van der Waals surface area (Å²) in [6, 6.07) is 7.89. The van der Waals surface area contributed by atoms with Crippen LogP contribution in [-0.2, 0) is 11.2 Å². The Morgan fingerprint density at radius 3 is 2.11 bits per heavy atom. The molecule has 3 heteroatoms. The third-order valence-electron chi connectivity index (χ3n) is 6.59. The van der Waals surface area contributed by atoms with Gasteiger partial charge in [0.2, 0.25) is 5.91 Å². The number of Topliss-reactive ketones (excluding diaryl/α,β-unsaturated/α-hetero) is 1. The normalized spacial score (nSPS) is 13.9. The van der Waals surface area contributed by atoms with Gasteiger partial charge < -0.3 is 5.32 Å². The van der Waals surface area contributed by atoms with Crippen molar-refractivity contribution < 1.29 is 9.59 Å². The van der Waals surface area contributed by atoms with Gasteiger partial charge in [-0.1, -0.05) is 18.6 Å². The summed E-state index contributed by atoms with van der Waals surface area (Å²) < 4.78 is 0. The van der Waals surface area contributed by atoms with Crippen molar-refractivity contribution in [2.24, 2.45) is 5.92 Å². The molecule has 0 aliphatic heterocycles. The second kappa shape index (κ2) is 8.30. The van der Waals surface area contributed by atoms with Gasteiger partial charge in [-0.05, 0) is 99.4 Å². The molecule has 1 aliphatic carbocycles. The Balaban J connectivity index is 1.70. The molecule has 28 heavy (non-hydrogen) atoms. The molecule has 1 saturated carbocycles. The molecule has 1 aliphatic rings. The summed E-state index contributed by atoms with van der Waals surface area (Å²) in [4.78, 5) is 25.2. The lowest BCUT2D eigenvalue weighted by Crippen LogP contribution is -2.28. The van der Waals surface area contributed by atoms with E-state index < -0.39 is 0 Å². The van der Waals surface area contributed by atoms with Crippen LogP contribution in [0.1, 0.15) is 69.4 Å². The van der Waals surface area contributed by atoms with Crippen molar-refractivity contribution in [1.29, 1.82) is 0 Å². The lowest BCUT2D eigenvalue weighted by atomic mass is 9.85. The van der Waals surface area contributed by atoms with Gasteiger partial charge in [-0.3, -0.25) is 9.59 Å². The van der Waals surface area contributed by atoms with Crippen molar-refractivity contribution in [2.45, 2.75) is 66.7 Å². The molecule has 0 spiro atoms. The number of hydrogen-bond donors (Lipinski definition) is 1. The summed E-state index contributed by atoms with van der Waals surface area (Å²) in [5.74, 6) is 0.491. The first-order valence-electron chi connectivity index (χ1n) is 10.3. The second-order valence-electron chi connectivity index (χ2n) is 8.24. The maximum absolute atomic E-state index is 13.0. The van der Waals surface area contributed by atoms with Crippen LogP contribution in [0.25, 0.3) is 0 Å². The van der Waals surface area contributed by atoms with E-state index >= 15 is 0 Å². The molecule has 0 unspecified atom stereocenters. The first-order chi connectivity index (χ1) is 13.3. The van der Waals surface area contributed by atoms with Crippen LogP contribution >= 0.6 is 0 Å².